The zero-order chi connectivity index (χ0) is 10.7. The highest BCUT2D eigenvalue weighted by molar-refractivity contribution is 9.10. The molecule has 0 saturated carbocycles. The number of methoxy groups -OCH3 is 1. The molecule has 1 atom stereocenters. The maximum Gasteiger partial charge on any atom is 0.141 e. The van der Waals surface area contributed by atoms with Crippen LogP contribution in [-0.2, 0) is 0 Å². The third-order valence-corrected chi connectivity index (χ3v) is 2.48. The van der Waals surface area contributed by atoms with Crippen LogP contribution in [0.15, 0.2) is 16.6 Å². The third kappa shape index (κ3) is 2.23. The maximum atomic E-state index is 13.1. The molecule has 3 nitrogen and oxygen atoms in total. The minimum atomic E-state index is -0.568. The van der Waals surface area contributed by atoms with Gasteiger partial charge in [0.05, 0.1) is 24.2 Å². The molecule has 0 amide bonds. The van der Waals surface area contributed by atoms with E-state index in [0.29, 0.717) is 15.8 Å². The third-order valence-electron chi connectivity index (χ3n) is 1.87. The molecule has 5 heteroatoms. The molecule has 1 aromatic rings. The van der Waals surface area contributed by atoms with Gasteiger partial charge in [-0.05, 0) is 22.0 Å². The van der Waals surface area contributed by atoms with Crippen LogP contribution in [0, 0.1) is 5.82 Å². The largest absolute Gasteiger partial charge is 0.496 e. The molecule has 0 spiro atoms. The number of aliphatic hydroxyl groups is 1. The summed E-state index contributed by atoms with van der Waals surface area (Å²) in [6.45, 7) is -0.214. The second-order valence-corrected chi connectivity index (χ2v) is 3.65. The van der Waals surface area contributed by atoms with Crippen LogP contribution < -0.4 is 10.5 Å². The van der Waals surface area contributed by atoms with E-state index in [1.54, 1.807) is 0 Å². The topological polar surface area (TPSA) is 55.5 Å². The van der Waals surface area contributed by atoms with Gasteiger partial charge in [-0.3, -0.25) is 0 Å². The van der Waals surface area contributed by atoms with E-state index in [2.05, 4.69) is 15.9 Å². The fourth-order valence-electron chi connectivity index (χ4n) is 1.11. The molecule has 3 N–H and O–H groups in total. The summed E-state index contributed by atoms with van der Waals surface area (Å²) in [7, 11) is 1.43. The lowest BCUT2D eigenvalue weighted by Crippen LogP contribution is -2.15. The minimum Gasteiger partial charge on any atom is -0.496 e. The Kier molecular flexibility index (Phi) is 3.86. The van der Waals surface area contributed by atoms with Gasteiger partial charge in [0.25, 0.3) is 0 Å². The van der Waals surface area contributed by atoms with Gasteiger partial charge in [-0.15, -0.1) is 0 Å². The molecule has 0 radical (unpaired) electrons. The molecule has 1 aromatic carbocycles. The normalized spacial score (nSPS) is 12.6. The van der Waals surface area contributed by atoms with Gasteiger partial charge in [0.15, 0.2) is 0 Å². The number of halogens is 2. The molecule has 78 valence electrons. The van der Waals surface area contributed by atoms with E-state index in [-0.39, 0.29) is 6.61 Å². The Bertz CT molecular complexity index is 333. The van der Waals surface area contributed by atoms with Crippen LogP contribution in [0.5, 0.6) is 5.75 Å². The van der Waals surface area contributed by atoms with Crippen LogP contribution >= 0.6 is 15.9 Å². The van der Waals surface area contributed by atoms with E-state index < -0.39 is 11.9 Å². The number of rotatable bonds is 3. The average molecular weight is 264 g/mol. The number of benzene rings is 1. The number of nitrogens with two attached hydrogens (primary N) is 1. The van der Waals surface area contributed by atoms with E-state index in [1.165, 1.54) is 19.2 Å². The van der Waals surface area contributed by atoms with Crippen LogP contribution in [-0.4, -0.2) is 18.8 Å². The first kappa shape index (κ1) is 11.4. The van der Waals surface area contributed by atoms with Crippen molar-refractivity contribution in [1.29, 1.82) is 0 Å². The number of hydrogen-bond donors (Lipinski definition) is 2. The Labute approximate surface area is 89.8 Å². The van der Waals surface area contributed by atoms with Crippen molar-refractivity contribution in [2.45, 2.75) is 6.04 Å². The number of hydrogen-bond acceptors (Lipinski definition) is 3. The zero-order valence-electron chi connectivity index (χ0n) is 7.63. The molecule has 0 aliphatic heterocycles. The lowest BCUT2D eigenvalue weighted by Gasteiger charge is -2.14. The van der Waals surface area contributed by atoms with Crippen molar-refractivity contribution >= 4 is 15.9 Å². The van der Waals surface area contributed by atoms with Crippen LogP contribution in [0.1, 0.15) is 11.6 Å². The minimum absolute atomic E-state index is 0.214. The number of ether oxygens (including phenoxy) is 1. The smallest absolute Gasteiger partial charge is 0.141 e. The maximum absolute atomic E-state index is 13.1. The van der Waals surface area contributed by atoms with Gasteiger partial charge in [-0.2, -0.15) is 0 Å². The van der Waals surface area contributed by atoms with Crippen molar-refractivity contribution in [1.82, 2.24) is 0 Å². The Morgan fingerprint density at radius 3 is 2.79 bits per heavy atom. The van der Waals surface area contributed by atoms with Crippen molar-refractivity contribution in [3.63, 3.8) is 0 Å². The van der Waals surface area contributed by atoms with Gasteiger partial charge in [0.1, 0.15) is 11.6 Å². The second-order valence-electron chi connectivity index (χ2n) is 2.80. The van der Waals surface area contributed by atoms with Gasteiger partial charge < -0.3 is 15.6 Å². The molecular weight excluding hydrogens is 253 g/mol. The van der Waals surface area contributed by atoms with Gasteiger partial charge >= 0.3 is 0 Å². The van der Waals surface area contributed by atoms with E-state index >= 15 is 0 Å². The zero-order valence-corrected chi connectivity index (χ0v) is 9.21. The van der Waals surface area contributed by atoms with Crippen molar-refractivity contribution in [3.05, 3.63) is 28.0 Å². The van der Waals surface area contributed by atoms with E-state index in [9.17, 15) is 4.39 Å². The molecule has 0 bridgehead atoms. The average Bonchev–Trinajstić information content (AvgIpc) is 2.20. The molecule has 14 heavy (non-hydrogen) atoms. The van der Waals surface area contributed by atoms with Crippen LogP contribution in [0.25, 0.3) is 0 Å². The highest BCUT2D eigenvalue weighted by Gasteiger charge is 2.14. The Morgan fingerprint density at radius 1 is 1.64 bits per heavy atom. The van der Waals surface area contributed by atoms with Crippen molar-refractivity contribution in [3.8, 4) is 5.75 Å². The summed E-state index contributed by atoms with van der Waals surface area (Å²) in [6, 6.07) is 2.17. The Morgan fingerprint density at radius 2 is 2.29 bits per heavy atom. The second kappa shape index (κ2) is 4.72. The molecule has 0 aliphatic carbocycles. The predicted octanol–water partition coefficient (Wildman–Crippen LogP) is 1.59. The monoisotopic (exact) mass is 263 g/mol. The summed E-state index contributed by atoms with van der Waals surface area (Å²) in [6.07, 6.45) is 0. The van der Waals surface area contributed by atoms with E-state index in [4.69, 9.17) is 15.6 Å². The molecule has 0 heterocycles. The Hall–Kier alpha value is -0.650. The first-order valence-corrected chi connectivity index (χ1v) is 4.78. The summed E-state index contributed by atoms with van der Waals surface area (Å²) >= 11 is 3.04. The quantitative estimate of drug-likeness (QED) is 0.871. The summed E-state index contributed by atoms with van der Waals surface area (Å²) in [5.41, 5.74) is 6.19. The highest BCUT2D eigenvalue weighted by atomic mass is 79.9. The van der Waals surface area contributed by atoms with E-state index in [0.717, 1.165) is 0 Å². The fourth-order valence-corrected chi connectivity index (χ4v) is 1.47. The summed E-state index contributed by atoms with van der Waals surface area (Å²) in [4.78, 5) is 0. The van der Waals surface area contributed by atoms with Gasteiger partial charge in [-0.1, -0.05) is 0 Å². The molecule has 0 aliphatic rings. The van der Waals surface area contributed by atoms with Crippen molar-refractivity contribution in [2.75, 3.05) is 13.7 Å². The molecular formula is C9H11BrFNO2. The SMILES string of the molecule is COc1cc(F)c(Br)cc1C(N)CO. The van der Waals surface area contributed by atoms with Gasteiger partial charge in [-0.25, -0.2) is 4.39 Å². The predicted molar refractivity (Wildman–Crippen MR) is 54.7 cm³/mol. The summed E-state index contributed by atoms with van der Waals surface area (Å²) in [5, 5.41) is 8.88. The van der Waals surface area contributed by atoms with Crippen LogP contribution in [0.3, 0.4) is 0 Å². The van der Waals surface area contributed by atoms with Crippen molar-refractivity contribution < 1.29 is 14.2 Å². The molecule has 0 aromatic heterocycles. The summed E-state index contributed by atoms with van der Waals surface area (Å²) in [5.74, 6) is -0.0806. The van der Waals surface area contributed by atoms with Crippen molar-refractivity contribution in [2.24, 2.45) is 5.73 Å². The lowest BCUT2D eigenvalue weighted by atomic mass is 10.1. The van der Waals surface area contributed by atoms with Gasteiger partial charge in [0.2, 0.25) is 0 Å². The highest BCUT2D eigenvalue weighted by Crippen LogP contribution is 2.29. The first-order valence-electron chi connectivity index (χ1n) is 3.99. The summed E-state index contributed by atoms with van der Waals surface area (Å²) < 4.78 is 18.3. The first-order chi connectivity index (χ1) is 6.60. The standard InChI is InChI=1S/C9H11BrFNO2/c1-14-9-3-7(11)6(10)2-5(9)8(12)4-13/h2-3,8,13H,4,12H2,1H3. The number of aliphatic hydroxyl groups excluding tert-OH is 1. The van der Waals surface area contributed by atoms with Crippen LogP contribution in [0.2, 0.25) is 0 Å². The molecule has 0 saturated heterocycles. The lowest BCUT2D eigenvalue weighted by molar-refractivity contribution is 0.264. The van der Waals surface area contributed by atoms with Gasteiger partial charge in [0, 0.05) is 11.6 Å². The van der Waals surface area contributed by atoms with Crippen LogP contribution in [0.4, 0.5) is 4.39 Å². The molecule has 1 rings (SSSR count). The molecule has 1 unspecified atom stereocenters. The molecule has 0 fully saturated rings. The fraction of sp³-hybridized carbons (Fsp3) is 0.333. The Balaban J connectivity index is 3.19. The van der Waals surface area contributed by atoms with E-state index in [1.807, 2.05) is 0 Å².